The highest BCUT2D eigenvalue weighted by Gasteiger charge is 2.08. The lowest BCUT2D eigenvalue weighted by molar-refractivity contribution is -0.141. The Hall–Kier alpha value is -2.37. The molecule has 0 atom stereocenters. The first-order valence-electron chi connectivity index (χ1n) is 6.34. The van der Waals surface area contributed by atoms with Gasteiger partial charge in [-0.1, -0.05) is 0 Å². The number of aromatic nitrogens is 2. The number of rotatable bonds is 4. The highest BCUT2D eigenvalue weighted by Crippen LogP contribution is 2.23. The molecular formula is C14H17N3O3. The summed E-state index contributed by atoms with van der Waals surface area (Å²) in [5, 5.41) is 2.79. The summed E-state index contributed by atoms with van der Waals surface area (Å²) >= 11 is 0. The topological polar surface area (TPSA) is 73.2 Å². The molecule has 0 aliphatic rings. The zero-order valence-corrected chi connectivity index (χ0v) is 11.8. The van der Waals surface area contributed by atoms with E-state index < -0.39 is 0 Å². The number of carbonyl (C=O) groups excluding carboxylic acids is 2. The minimum Gasteiger partial charge on any atom is -0.464 e. The summed E-state index contributed by atoms with van der Waals surface area (Å²) in [5.74, 6) is -0.414. The molecule has 6 heteroatoms. The molecule has 106 valence electrons. The second kappa shape index (κ2) is 5.73. The molecule has 0 unspecified atom stereocenters. The highest BCUT2D eigenvalue weighted by molar-refractivity contribution is 5.92. The third-order valence-corrected chi connectivity index (χ3v) is 2.92. The molecule has 1 aromatic heterocycles. The number of fused-ring (bicyclic) bond motifs is 1. The smallest absolute Gasteiger partial charge is 0.302 e. The molecular weight excluding hydrogens is 258 g/mol. The number of nitrogens with zero attached hydrogens (tertiary/aromatic N) is 2. The van der Waals surface area contributed by atoms with Crippen molar-refractivity contribution < 1.29 is 14.3 Å². The lowest BCUT2D eigenvalue weighted by Crippen LogP contribution is -2.09. The van der Waals surface area contributed by atoms with Crippen LogP contribution in [0.1, 0.15) is 19.4 Å². The van der Waals surface area contributed by atoms with E-state index in [0.717, 1.165) is 22.3 Å². The van der Waals surface area contributed by atoms with Gasteiger partial charge in [0.2, 0.25) is 5.91 Å². The van der Waals surface area contributed by atoms with Crippen LogP contribution in [0.15, 0.2) is 18.5 Å². The summed E-state index contributed by atoms with van der Waals surface area (Å²) in [5.41, 5.74) is 3.46. The summed E-state index contributed by atoms with van der Waals surface area (Å²) in [6.07, 6.45) is 1.70. The Bertz CT molecular complexity index is 661. The molecule has 0 fully saturated rings. The molecule has 0 aliphatic heterocycles. The largest absolute Gasteiger partial charge is 0.464 e. The van der Waals surface area contributed by atoms with Gasteiger partial charge >= 0.3 is 5.97 Å². The van der Waals surface area contributed by atoms with Crippen molar-refractivity contribution in [2.75, 3.05) is 11.9 Å². The average molecular weight is 275 g/mol. The van der Waals surface area contributed by atoms with E-state index in [2.05, 4.69) is 10.3 Å². The predicted molar refractivity (Wildman–Crippen MR) is 75.4 cm³/mol. The van der Waals surface area contributed by atoms with Gasteiger partial charge in [0.25, 0.3) is 0 Å². The second-order valence-corrected chi connectivity index (χ2v) is 4.62. The average Bonchev–Trinajstić information content (AvgIpc) is 2.71. The number of aryl methyl sites for hydroxylation is 1. The van der Waals surface area contributed by atoms with E-state index >= 15 is 0 Å². The fourth-order valence-electron chi connectivity index (χ4n) is 2.00. The number of nitrogens with one attached hydrogen (secondary N) is 1. The fraction of sp³-hybridized carbons (Fsp3) is 0.357. The zero-order chi connectivity index (χ0) is 14.7. The fourth-order valence-corrected chi connectivity index (χ4v) is 2.00. The van der Waals surface area contributed by atoms with E-state index in [-0.39, 0.29) is 11.9 Å². The van der Waals surface area contributed by atoms with E-state index in [1.54, 1.807) is 6.33 Å². The first-order chi connectivity index (χ1) is 9.47. The Morgan fingerprint density at radius 2 is 2.10 bits per heavy atom. The first kappa shape index (κ1) is 14.0. The number of hydrogen-bond donors (Lipinski definition) is 1. The Kier molecular flexibility index (Phi) is 4.02. The molecule has 0 bridgehead atoms. The molecule has 2 rings (SSSR count). The quantitative estimate of drug-likeness (QED) is 0.864. The van der Waals surface area contributed by atoms with Crippen molar-refractivity contribution in [3.63, 3.8) is 0 Å². The van der Waals surface area contributed by atoms with Crippen molar-refractivity contribution in [1.82, 2.24) is 9.55 Å². The van der Waals surface area contributed by atoms with Gasteiger partial charge in [-0.15, -0.1) is 0 Å². The summed E-state index contributed by atoms with van der Waals surface area (Å²) in [6, 6.07) is 3.80. The molecule has 1 aromatic carbocycles. The van der Waals surface area contributed by atoms with Gasteiger partial charge in [0.1, 0.15) is 6.61 Å². The van der Waals surface area contributed by atoms with Crippen molar-refractivity contribution >= 4 is 28.6 Å². The molecule has 1 N–H and O–H groups in total. The maximum Gasteiger partial charge on any atom is 0.302 e. The van der Waals surface area contributed by atoms with E-state index in [0.29, 0.717) is 13.2 Å². The third kappa shape index (κ3) is 3.14. The van der Waals surface area contributed by atoms with Crippen LogP contribution in [-0.2, 0) is 20.9 Å². The van der Waals surface area contributed by atoms with Crippen molar-refractivity contribution in [1.29, 1.82) is 0 Å². The van der Waals surface area contributed by atoms with Crippen LogP contribution >= 0.6 is 0 Å². The second-order valence-electron chi connectivity index (χ2n) is 4.62. The molecule has 0 saturated heterocycles. The van der Waals surface area contributed by atoms with Crippen molar-refractivity contribution in [3.8, 4) is 0 Å². The maximum absolute atomic E-state index is 11.2. The van der Waals surface area contributed by atoms with E-state index in [1.807, 2.05) is 23.6 Å². The van der Waals surface area contributed by atoms with Crippen LogP contribution in [0.4, 0.5) is 5.69 Å². The van der Waals surface area contributed by atoms with Crippen molar-refractivity contribution in [2.24, 2.45) is 0 Å². The number of amides is 1. The Labute approximate surface area is 116 Å². The number of imidazole rings is 1. The molecule has 1 heterocycles. The van der Waals surface area contributed by atoms with Gasteiger partial charge in [-0.25, -0.2) is 4.98 Å². The summed E-state index contributed by atoms with van der Waals surface area (Å²) in [6.45, 7) is 5.59. The van der Waals surface area contributed by atoms with Gasteiger partial charge in [-0.2, -0.15) is 0 Å². The lowest BCUT2D eigenvalue weighted by Gasteiger charge is -2.09. The molecule has 0 spiro atoms. The van der Waals surface area contributed by atoms with Gasteiger partial charge in [-0.05, 0) is 24.6 Å². The predicted octanol–water partition coefficient (Wildman–Crippen LogP) is 1.87. The number of ether oxygens (including phenoxy) is 1. The standard InChI is InChI=1S/C14H17N3O3/c1-9-6-13-14(7-12(9)16-10(2)18)17(8-15-13)4-5-20-11(3)19/h6-8H,4-5H2,1-3H3,(H,16,18). The molecule has 6 nitrogen and oxygen atoms in total. The van der Waals surface area contributed by atoms with Crippen molar-refractivity contribution in [3.05, 3.63) is 24.0 Å². The molecule has 20 heavy (non-hydrogen) atoms. The minimum absolute atomic E-state index is 0.113. The van der Waals surface area contributed by atoms with Gasteiger partial charge in [0.15, 0.2) is 0 Å². The summed E-state index contributed by atoms with van der Waals surface area (Å²) < 4.78 is 6.82. The minimum atomic E-state index is -0.302. The van der Waals surface area contributed by atoms with Crippen LogP contribution in [0, 0.1) is 6.92 Å². The molecule has 1 amide bonds. The maximum atomic E-state index is 11.2. The van der Waals surface area contributed by atoms with Crippen LogP contribution in [0.25, 0.3) is 11.0 Å². The number of esters is 1. The Balaban J connectivity index is 2.28. The number of hydrogen-bond acceptors (Lipinski definition) is 4. The van der Waals surface area contributed by atoms with E-state index in [9.17, 15) is 9.59 Å². The SMILES string of the molecule is CC(=O)Nc1cc2c(cc1C)ncn2CCOC(C)=O. The van der Waals surface area contributed by atoms with E-state index in [1.165, 1.54) is 13.8 Å². The number of carbonyl (C=O) groups is 2. The van der Waals surface area contributed by atoms with Gasteiger partial charge in [-0.3, -0.25) is 9.59 Å². The molecule has 2 aromatic rings. The third-order valence-electron chi connectivity index (χ3n) is 2.92. The number of anilines is 1. The lowest BCUT2D eigenvalue weighted by atomic mass is 10.1. The number of benzene rings is 1. The normalized spacial score (nSPS) is 10.6. The monoisotopic (exact) mass is 275 g/mol. The van der Waals surface area contributed by atoms with E-state index in [4.69, 9.17) is 4.74 Å². The molecule has 0 radical (unpaired) electrons. The van der Waals surface area contributed by atoms with Crippen LogP contribution in [0.3, 0.4) is 0 Å². The van der Waals surface area contributed by atoms with Crippen LogP contribution in [-0.4, -0.2) is 28.0 Å². The van der Waals surface area contributed by atoms with Crippen molar-refractivity contribution in [2.45, 2.75) is 27.3 Å². The summed E-state index contributed by atoms with van der Waals surface area (Å²) in [4.78, 5) is 26.2. The van der Waals surface area contributed by atoms with Crippen LogP contribution in [0.5, 0.6) is 0 Å². The molecule has 0 aliphatic carbocycles. The molecule has 0 saturated carbocycles. The van der Waals surface area contributed by atoms with Gasteiger partial charge in [0, 0.05) is 19.5 Å². The first-order valence-corrected chi connectivity index (χ1v) is 6.34. The van der Waals surface area contributed by atoms with Gasteiger partial charge in [0.05, 0.1) is 23.9 Å². The zero-order valence-electron chi connectivity index (χ0n) is 11.8. The van der Waals surface area contributed by atoms with Gasteiger partial charge < -0.3 is 14.6 Å². The highest BCUT2D eigenvalue weighted by atomic mass is 16.5. The Morgan fingerprint density at radius 3 is 2.75 bits per heavy atom. The van der Waals surface area contributed by atoms with Crippen LogP contribution < -0.4 is 5.32 Å². The summed E-state index contributed by atoms with van der Waals surface area (Å²) in [7, 11) is 0. The Morgan fingerprint density at radius 1 is 1.35 bits per heavy atom. The van der Waals surface area contributed by atoms with Crippen LogP contribution in [0.2, 0.25) is 0 Å².